The molecule has 0 saturated carbocycles. The molecule has 0 aliphatic carbocycles. The van der Waals surface area contributed by atoms with Crippen molar-refractivity contribution in [1.82, 2.24) is 9.78 Å². The van der Waals surface area contributed by atoms with Crippen LogP contribution in [0.1, 0.15) is 5.56 Å². The summed E-state index contributed by atoms with van der Waals surface area (Å²) in [7, 11) is 1.76. The minimum atomic E-state index is -4.86. The van der Waals surface area contributed by atoms with Crippen LogP contribution in [0, 0.1) is 5.82 Å². The Morgan fingerprint density at radius 1 is 1.11 bits per heavy atom. The second kappa shape index (κ2) is 7.63. The van der Waals surface area contributed by atoms with Crippen LogP contribution >= 0.6 is 15.9 Å². The van der Waals surface area contributed by atoms with Crippen molar-refractivity contribution in [2.45, 2.75) is 6.18 Å². The number of carbonyl (C=O) groups is 1. The fraction of sp³-hybridized carbons (Fsp3) is 0.111. The first-order valence-corrected chi connectivity index (χ1v) is 8.67. The van der Waals surface area contributed by atoms with E-state index in [0.717, 1.165) is 21.8 Å². The molecule has 0 aliphatic heterocycles. The van der Waals surface area contributed by atoms with E-state index < -0.39 is 23.6 Å². The van der Waals surface area contributed by atoms with Crippen molar-refractivity contribution in [3.8, 4) is 11.3 Å². The fourth-order valence-corrected chi connectivity index (χ4v) is 3.17. The van der Waals surface area contributed by atoms with Gasteiger partial charge in [-0.1, -0.05) is 12.1 Å². The summed E-state index contributed by atoms with van der Waals surface area (Å²) in [6, 6.07) is 8.32. The van der Waals surface area contributed by atoms with E-state index in [2.05, 4.69) is 31.7 Å². The van der Waals surface area contributed by atoms with Crippen LogP contribution in [0.2, 0.25) is 0 Å². The zero-order chi connectivity index (χ0) is 20.5. The van der Waals surface area contributed by atoms with E-state index in [9.17, 15) is 22.4 Å². The number of urea groups is 1. The minimum absolute atomic E-state index is 0.184. The molecule has 10 heteroatoms. The highest BCUT2D eigenvalue weighted by atomic mass is 79.9. The van der Waals surface area contributed by atoms with Crippen molar-refractivity contribution in [2.75, 3.05) is 10.6 Å². The van der Waals surface area contributed by atoms with Gasteiger partial charge in [0, 0.05) is 24.0 Å². The molecule has 0 spiro atoms. The summed E-state index contributed by atoms with van der Waals surface area (Å²) in [4.78, 5) is 12.1. The normalized spacial score (nSPS) is 11.4. The van der Waals surface area contributed by atoms with Gasteiger partial charge in [0.15, 0.2) is 0 Å². The first-order chi connectivity index (χ1) is 13.1. The minimum Gasteiger partial charge on any atom is -0.308 e. The number of nitrogens with zero attached hydrogens (tertiary/aromatic N) is 2. The van der Waals surface area contributed by atoms with Gasteiger partial charge in [-0.3, -0.25) is 4.68 Å². The lowest BCUT2D eigenvalue weighted by Gasteiger charge is -2.12. The van der Waals surface area contributed by atoms with Crippen molar-refractivity contribution < 1.29 is 22.4 Å². The Morgan fingerprint density at radius 2 is 1.79 bits per heavy atom. The Balaban J connectivity index is 1.77. The van der Waals surface area contributed by atoms with Gasteiger partial charge in [0.1, 0.15) is 5.82 Å². The molecule has 28 heavy (non-hydrogen) atoms. The maximum Gasteiger partial charge on any atom is 0.419 e. The third kappa shape index (κ3) is 4.33. The summed E-state index contributed by atoms with van der Waals surface area (Å²) in [6.45, 7) is 0. The highest BCUT2D eigenvalue weighted by molar-refractivity contribution is 9.10. The average molecular weight is 457 g/mol. The summed E-state index contributed by atoms with van der Waals surface area (Å²) in [5, 5.41) is 8.92. The van der Waals surface area contributed by atoms with Gasteiger partial charge in [0.2, 0.25) is 0 Å². The number of hydrogen-bond donors (Lipinski definition) is 2. The number of hydrogen-bond acceptors (Lipinski definition) is 2. The number of anilines is 2. The molecule has 2 aromatic carbocycles. The van der Waals surface area contributed by atoms with E-state index in [0.29, 0.717) is 17.8 Å². The summed E-state index contributed by atoms with van der Waals surface area (Å²) in [5.74, 6) is -1.41. The SMILES string of the molecule is Cn1ncc(Br)c1-c1cccc(NC(=O)Nc2ccc(F)c(C(F)(F)F)c2)c1. The number of amides is 2. The standard InChI is InChI=1S/C18H13BrF4N4O/c1-27-16(14(19)9-24-27)10-3-2-4-11(7-10)25-17(28)26-12-5-6-15(20)13(8-12)18(21,22)23/h2-9H,1H3,(H2,25,26,28). The molecule has 3 rings (SSSR count). The van der Waals surface area contributed by atoms with Crippen LogP contribution in [0.4, 0.5) is 33.7 Å². The number of aryl methyl sites for hydroxylation is 1. The van der Waals surface area contributed by atoms with Crippen LogP contribution in [0.3, 0.4) is 0 Å². The van der Waals surface area contributed by atoms with Crippen molar-refractivity contribution in [2.24, 2.45) is 7.05 Å². The van der Waals surface area contributed by atoms with Gasteiger partial charge in [-0.25, -0.2) is 9.18 Å². The Kier molecular flexibility index (Phi) is 5.41. The number of benzene rings is 2. The largest absolute Gasteiger partial charge is 0.419 e. The molecule has 0 radical (unpaired) electrons. The quantitative estimate of drug-likeness (QED) is 0.500. The smallest absolute Gasteiger partial charge is 0.308 e. The molecular weight excluding hydrogens is 444 g/mol. The Labute approximate surface area is 165 Å². The lowest BCUT2D eigenvalue weighted by molar-refractivity contribution is -0.139. The number of aromatic nitrogens is 2. The third-order valence-electron chi connectivity index (χ3n) is 3.82. The lowest BCUT2D eigenvalue weighted by atomic mass is 10.1. The Morgan fingerprint density at radius 3 is 2.39 bits per heavy atom. The van der Waals surface area contributed by atoms with Crippen LogP contribution in [-0.2, 0) is 13.2 Å². The molecule has 5 nitrogen and oxygen atoms in total. The van der Waals surface area contributed by atoms with Crippen molar-refractivity contribution in [3.63, 3.8) is 0 Å². The van der Waals surface area contributed by atoms with Crippen LogP contribution < -0.4 is 10.6 Å². The van der Waals surface area contributed by atoms with Crippen LogP contribution in [0.5, 0.6) is 0 Å². The maximum atomic E-state index is 13.3. The van der Waals surface area contributed by atoms with Gasteiger partial charge < -0.3 is 10.6 Å². The molecule has 0 unspecified atom stereocenters. The molecule has 2 amide bonds. The van der Waals surface area contributed by atoms with E-state index in [-0.39, 0.29) is 5.69 Å². The van der Waals surface area contributed by atoms with Gasteiger partial charge >= 0.3 is 12.2 Å². The van der Waals surface area contributed by atoms with Crippen LogP contribution in [0.25, 0.3) is 11.3 Å². The van der Waals surface area contributed by atoms with Gasteiger partial charge in [-0.15, -0.1) is 0 Å². The molecule has 0 fully saturated rings. The highest BCUT2D eigenvalue weighted by Crippen LogP contribution is 2.33. The molecular formula is C18H13BrF4N4O. The Bertz CT molecular complexity index is 1010. The van der Waals surface area contributed by atoms with Crippen molar-refractivity contribution in [1.29, 1.82) is 0 Å². The van der Waals surface area contributed by atoms with Crippen LogP contribution in [-0.4, -0.2) is 15.8 Å². The fourth-order valence-electron chi connectivity index (χ4n) is 2.59. The molecule has 0 atom stereocenters. The number of nitrogens with one attached hydrogen (secondary N) is 2. The molecule has 3 aromatic rings. The van der Waals surface area contributed by atoms with E-state index in [4.69, 9.17) is 0 Å². The molecule has 1 heterocycles. The van der Waals surface area contributed by atoms with E-state index in [1.807, 2.05) is 6.07 Å². The number of rotatable bonds is 3. The molecule has 0 saturated heterocycles. The van der Waals surface area contributed by atoms with Crippen molar-refractivity contribution >= 4 is 33.3 Å². The first-order valence-electron chi connectivity index (χ1n) is 7.88. The van der Waals surface area contributed by atoms with E-state index in [1.54, 1.807) is 36.1 Å². The first kappa shape index (κ1) is 19.9. The zero-order valence-corrected chi connectivity index (χ0v) is 15.9. The molecule has 146 valence electrons. The maximum absolute atomic E-state index is 13.3. The average Bonchev–Trinajstić information content (AvgIpc) is 2.94. The van der Waals surface area contributed by atoms with Gasteiger partial charge in [-0.2, -0.15) is 18.3 Å². The molecule has 0 aliphatic rings. The molecule has 2 N–H and O–H groups in total. The predicted octanol–water partition coefficient (Wildman–Crippen LogP) is 5.65. The summed E-state index contributed by atoms with van der Waals surface area (Å²) in [6.07, 6.45) is -3.22. The summed E-state index contributed by atoms with van der Waals surface area (Å²) >= 11 is 3.40. The third-order valence-corrected chi connectivity index (χ3v) is 4.40. The number of alkyl halides is 3. The monoisotopic (exact) mass is 456 g/mol. The second-order valence-electron chi connectivity index (χ2n) is 5.82. The van der Waals surface area contributed by atoms with Gasteiger partial charge in [0.25, 0.3) is 0 Å². The topological polar surface area (TPSA) is 59.0 Å². The van der Waals surface area contributed by atoms with Crippen molar-refractivity contribution in [3.05, 3.63) is 64.5 Å². The predicted molar refractivity (Wildman–Crippen MR) is 100 cm³/mol. The summed E-state index contributed by atoms with van der Waals surface area (Å²) < 4.78 is 54.1. The highest BCUT2D eigenvalue weighted by Gasteiger charge is 2.34. The van der Waals surface area contributed by atoms with E-state index in [1.165, 1.54) is 0 Å². The lowest BCUT2D eigenvalue weighted by Crippen LogP contribution is -2.20. The van der Waals surface area contributed by atoms with Gasteiger partial charge in [0.05, 0.1) is 21.9 Å². The van der Waals surface area contributed by atoms with E-state index >= 15 is 0 Å². The number of carbonyl (C=O) groups excluding carboxylic acids is 1. The Hall–Kier alpha value is -2.88. The number of halogens is 5. The van der Waals surface area contributed by atoms with Gasteiger partial charge in [-0.05, 0) is 46.3 Å². The zero-order valence-electron chi connectivity index (χ0n) is 14.3. The second-order valence-corrected chi connectivity index (χ2v) is 6.67. The van der Waals surface area contributed by atoms with Crippen LogP contribution in [0.15, 0.2) is 53.1 Å². The molecule has 1 aromatic heterocycles. The molecule has 0 bridgehead atoms. The summed E-state index contributed by atoms with van der Waals surface area (Å²) in [5.41, 5.74) is 0.342.